The van der Waals surface area contributed by atoms with Crippen LogP contribution in [0.4, 0.5) is 0 Å². The minimum Gasteiger partial charge on any atom is -0.352 e. The van der Waals surface area contributed by atoms with E-state index in [1.165, 1.54) is 18.3 Å². The average molecular weight is 590 g/mol. The topological polar surface area (TPSA) is 27.7 Å². The van der Waals surface area contributed by atoms with E-state index in [9.17, 15) is 0 Å². The highest BCUT2D eigenvalue weighted by Gasteiger charge is 2.35. The molecule has 2 fully saturated rings. The van der Waals surface area contributed by atoms with Crippen molar-refractivity contribution >= 4 is 45.2 Å². The molecule has 0 N–H and O–H groups in total. The van der Waals surface area contributed by atoms with E-state index >= 15 is 0 Å². The van der Waals surface area contributed by atoms with E-state index in [1.54, 1.807) is 0 Å². The lowest BCUT2D eigenvalue weighted by Gasteiger charge is -2.38. The normalized spacial score (nSPS) is 28.8. The minimum atomic E-state index is -0.242. The summed E-state index contributed by atoms with van der Waals surface area (Å²) in [5.41, 5.74) is 2.59. The van der Waals surface area contributed by atoms with Crippen LogP contribution in [0.5, 0.6) is 0 Å². The van der Waals surface area contributed by atoms with Gasteiger partial charge >= 0.3 is 0 Å². The summed E-state index contributed by atoms with van der Waals surface area (Å²) in [7, 11) is 0. The second-order valence-electron chi connectivity index (χ2n) is 7.21. The summed E-state index contributed by atoms with van der Waals surface area (Å²) >= 11 is 4.69. The fourth-order valence-electron chi connectivity index (χ4n) is 3.98. The molecule has 0 saturated carbocycles. The van der Waals surface area contributed by atoms with Gasteiger partial charge < -0.3 is 14.2 Å². The maximum absolute atomic E-state index is 6.48. The van der Waals surface area contributed by atoms with Crippen molar-refractivity contribution in [3.05, 3.63) is 66.8 Å². The van der Waals surface area contributed by atoms with Gasteiger partial charge in [-0.1, -0.05) is 24.3 Å². The van der Waals surface area contributed by atoms with E-state index in [2.05, 4.69) is 93.7 Å². The minimum absolute atomic E-state index is 0.242. The van der Waals surface area contributed by atoms with Gasteiger partial charge in [0.15, 0.2) is 12.6 Å². The highest BCUT2D eigenvalue weighted by Crippen LogP contribution is 2.37. The van der Waals surface area contributed by atoms with Gasteiger partial charge in [-0.2, -0.15) is 0 Å². The zero-order valence-electron chi connectivity index (χ0n) is 15.2. The van der Waals surface area contributed by atoms with Crippen LogP contribution in [0.1, 0.15) is 48.6 Å². The van der Waals surface area contributed by atoms with Gasteiger partial charge in [-0.25, -0.2) is 0 Å². The Kier molecular flexibility index (Phi) is 7.08. The molecule has 2 aliphatic heterocycles. The zero-order valence-corrected chi connectivity index (χ0v) is 19.5. The summed E-state index contributed by atoms with van der Waals surface area (Å²) in [5, 5.41) is 0. The molecule has 0 aromatic heterocycles. The van der Waals surface area contributed by atoms with Crippen molar-refractivity contribution < 1.29 is 14.2 Å². The van der Waals surface area contributed by atoms with Crippen LogP contribution in [0.15, 0.2) is 48.5 Å². The summed E-state index contributed by atoms with van der Waals surface area (Å²) in [6.07, 6.45) is 3.84. The van der Waals surface area contributed by atoms with E-state index in [-0.39, 0.29) is 24.4 Å². The van der Waals surface area contributed by atoms with Crippen molar-refractivity contribution in [1.82, 2.24) is 0 Å². The van der Waals surface area contributed by atoms with Crippen LogP contribution in [-0.4, -0.2) is 25.8 Å². The molecule has 0 amide bonds. The fraction of sp³-hybridized carbons (Fsp3) is 0.455. The molecular formula is C22H24I2O3. The number of benzene rings is 2. The molecule has 0 spiro atoms. The molecule has 2 aliphatic rings. The summed E-state index contributed by atoms with van der Waals surface area (Å²) in [5.74, 6) is 0.525. The Balaban J connectivity index is 1.52. The van der Waals surface area contributed by atoms with Crippen LogP contribution in [0.25, 0.3) is 0 Å². The van der Waals surface area contributed by atoms with Crippen molar-refractivity contribution in [3.63, 3.8) is 0 Å². The largest absolute Gasteiger partial charge is 0.352 e. The van der Waals surface area contributed by atoms with Gasteiger partial charge in [0.05, 0.1) is 0 Å². The van der Waals surface area contributed by atoms with E-state index in [0.29, 0.717) is 0 Å². The molecule has 4 rings (SSSR count). The summed E-state index contributed by atoms with van der Waals surface area (Å²) < 4.78 is 21.1. The molecule has 4 unspecified atom stereocenters. The summed E-state index contributed by atoms with van der Waals surface area (Å²) in [6.45, 7) is 1.51. The van der Waals surface area contributed by atoms with Crippen molar-refractivity contribution in [2.24, 2.45) is 0 Å². The Morgan fingerprint density at radius 1 is 0.667 bits per heavy atom. The van der Waals surface area contributed by atoms with Crippen molar-refractivity contribution in [2.45, 2.75) is 50.1 Å². The Morgan fingerprint density at radius 3 is 1.48 bits per heavy atom. The van der Waals surface area contributed by atoms with Gasteiger partial charge in [-0.15, -0.1) is 0 Å². The SMILES string of the molecule is Ic1ccc(C2CCCOC2OC2OCCCC2c2ccc(I)cc2)cc1. The number of hydrogen-bond donors (Lipinski definition) is 0. The lowest BCUT2D eigenvalue weighted by molar-refractivity contribution is -0.277. The quantitative estimate of drug-likeness (QED) is 0.406. The molecular weight excluding hydrogens is 566 g/mol. The molecule has 5 heteroatoms. The molecule has 3 nitrogen and oxygen atoms in total. The highest BCUT2D eigenvalue weighted by atomic mass is 127. The summed E-state index contributed by atoms with van der Waals surface area (Å²) in [6, 6.07) is 17.5. The number of rotatable bonds is 4. The molecule has 2 heterocycles. The molecule has 0 bridgehead atoms. The molecule has 2 saturated heterocycles. The highest BCUT2D eigenvalue weighted by molar-refractivity contribution is 14.1. The van der Waals surface area contributed by atoms with Gasteiger partial charge in [0.25, 0.3) is 0 Å². The molecule has 2 aromatic carbocycles. The fourth-order valence-corrected chi connectivity index (χ4v) is 4.70. The number of halogens is 2. The van der Waals surface area contributed by atoms with Crippen LogP contribution in [0, 0.1) is 7.14 Å². The van der Waals surface area contributed by atoms with Gasteiger partial charge in [-0.05, 0) is 106 Å². The molecule has 27 heavy (non-hydrogen) atoms. The van der Waals surface area contributed by atoms with Crippen molar-refractivity contribution in [3.8, 4) is 0 Å². The average Bonchev–Trinajstić information content (AvgIpc) is 2.70. The Morgan fingerprint density at radius 2 is 1.07 bits per heavy atom. The molecule has 4 atom stereocenters. The van der Waals surface area contributed by atoms with E-state index in [4.69, 9.17) is 14.2 Å². The van der Waals surface area contributed by atoms with Gasteiger partial charge in [0, 0.05) is 32.2 Å². The second kappa shape index (κ2) is 9.52. The third-order valence-electron chi connectivity index (χ3n) is 5.40. The first-order valence-corrected chi connectivity index (χ1v) is 11.8. The predicted octanol–water partition coefficient (Wildman–Crippen LogP) is 6.05. The van der Waals surface area contributed by atoms with Crippen molar-refractivity contribution in [2.75, 3.05) is 13.2 Å². The van der Waals surface area contributed by atoms with Crippen molar-refractivity contribution in [1.29, 1.82) is 0 Å². The first-order valence-electron chi connectivity index (χ1n) is 9.60. The Hall–Kier alpha value is -0.220. The number of ether oxygens (including phenoxy) is 3. The lowest BCUT2D eigenvalue weighted by atomic mass is 9.90. The maximum atomic E-state index is 6.48. The molecule has 144 valence electrons. The van der Waals surface area contributed by atoms with Crippen LogP contribution < -0.4 is 0 Å². The standard InChI is InChI=1S/C22H24I2O3/c23-17-9-5-15(6-10-17)19-3-1-13-25-21(19)27-22-20(4-2-14-26-22)16-7-11-18(24)12-8-16/h5-12,19-22H,1-4,13-14H2. The van der Waals surface area contributed by atoms with E-state index in [0.717, 1.165) is 38.9 Å². The van der Waals surface area contributed by atoms with Crippen LogP contribution in [-0.2, 0) is 14.2 Å². The third kappa shape index (κ3) is 5.04. The first-order chi connectivity index (χ1) is 13.2. The first kappa shape index (κ1) is 20.1. The number of hydrogen-bond acceptors (Lipinski definition) is 3. The van der Waals surface area contributed by atoms with E-state index < -0.39 is 0 Å². The van der Waals surface area contributed by atoms with Crippen LogP contribution in [0.2, 0.25) is 0 Å². The molecule has 2 aromatic rings. The Labute approximate surface area is 188 Å². The smallest absolute Gasteiger partial charge is 0.167 e. The predicted molar refractivity (Wildman–Crippen MR) is 123 cm³/mol. The third-order valence-corrected chi connectivity index (χ3v) is 6.84. The lowest BCUT2D eigenvalue weighted by Crippen LogP contribution is -2.39. The van der Waals surface area contributed by atoms with Gasteiger partial charge in [0.2, 0.25) is 0 Å². The van der Waals surface area contributed by atoms with Gasteiger partial charge in [0.1, 0.15) is 0 Å². The summed E-state index contributed by atoms with van der Waals surface area (Å²) in [4.78, 5) is 0. The second-order valence-corrected chi connectivity index (χ2v) is 9.71. The van der Waals surface area contributed by atoms with Gasteiger partial charge in [-0.3, -0.25) is 0 Å². The monoisotopic (exact) mass is 590 g/mol. The Bertz CT molecular complexity index is 669. The van der Waals surface area contributed by atoms with E-state index in [1.807, 2.05) is 0 Å². The van der Waals surface area contributed by atoms with Crippen LogP contribution >= 0.6 is 45.2 Å². The maximum Gasteiger partial charge on any atom is 0.167 e. The zero-order chi connectivity index (χ0) is 18.6. The van der Waals surface area contributed by atoms with Crippen LogP contribution in [0.3, 0.4) is 0 Å². The molecule has 0 aliphatic carbocycles. The molecule has 0 radical (unpaired) electrons.